The molecule has 0 spiro atoms. The van der Waals surface area contributed by atoms with Gasteiger partial charge in [-0.15, -0.1) is 18.1 Å². The van der Waals surface area contributed by atoms with Gasteiger partial charge in [0.2, 0.25) is 0 Å². The Morgan fingerprint density at radius 3 is 0.579 bits per heavy atom. The zero-order valence-corrected chi connectivity index (χ0v) is 17.1. The number of hydrogen-bond acceptors (Lipinski definition) is 0. The largest absolute Gasteiger partial charge is 0.675 e. The molecule has 19 heavy (non-hydrogen) atoms. The minimum atomic E-state index is 0. The van der Waals surface area contributed by atoms with Crippen LogP contribution < -0.4 is 0 Å². The molecule has 119 valence electrons. The molecule has 0 aromatic heterocycles. The van der Waals surface area contributed by atoms with Gasteiger partial charge in [0, 0.05) is 22.4 Å². The fourth-order valence-electron chi connectivity index (χ4n) is 0.866. The van der Waals surface area contributed by atoms with Crippen LogP contribution in [-0.4, -0.2) is 18.1 Å². The van der Waals surface area contributed by atoms with Crippen molar-refractivity contribution in [3.8, 4) is 0 Å². The molecule has 1 radical (unpaired) electrons. The van der Waals surface area contributed by atoms with Crippen LogP contribution in [0, 0.1) is 0 Å². The average molecular weight is 439 g/mol. The van der Waals surface area contributed by atoms with Crippen molar-refractivity contribution in [1.29, 1.82) is 0 Å². The van der Waals surface area contributed by atoms with Crippen LogP contribution in [0.1, 0.15) is 80.1 Å². The topological polar surface area (TPSA) is 71.4 Å². The van der Waals surface area contributed by atoms with Gasteiger partial charge < -0.3 is 17.2 Å². The maximum absolute atomic E-state index is 7.07. The predicted octanol–water partition coefficient (Wildman–Crippen LogP) is 6.68. The van der Waals surface area contributed by atoms with Crippen LogP contribution in [0.15, 0.2) is 0 Å². The van der Waals surface area contributed by atoms with Crippen LogP contribution in [0.25, 0.3) is 17.2 Å². The molecule has 0 unspecified atom stereocenters. The van der Waals surface area contributed by atoms with E-state index in [0.717, 1.165) is 38.5 Å². The summed E-state index contributed by atoms with van der Waals surface area (Å²) in [6.45, 7) is 12.3. The zero-order chi connectivity index (χ0) is 15.0. The monoisotopic (exact) mass is 439 g/mol. The number of nitrogens with one attached hydrogen (secondary N) is 3. The summed E-state index contributed by atoms with van der Waals surface area (Å²) >= 11 is 0. The molecule has 0 aromatic carbocycles. The first-order valence-electron chi connectivity index (χ1n) is 7.56. The van der Waals surface area contributed by atoms with Gasteiger partial charge in [0.1, 0.15) is 0 Å². The predicted molar refractivity (Wildman–Crippen MR) is 86.1 cm³/mol. The molecule has 0 aliphatic rings. The van der Waals surface area contributed by atoms with Gasteiger partial charge in [-0.05, 0) is 0 Å². The van der Waals surface area contributed by atoms with E-state index in [0.29, 0.717) is 0 Å². The van der Waals surface area contributed by atoms with E-state index in [1.54, 1.807) is 0 Å². The third kappa shape index (κ3) is 32.3. The Labute approximate surface area is 138 Å². The first-order chi connectivity index (χ1) is 8.42. The van der Waals surface area contributed by atoms with E-state index in [9.17, 15) is 0 Å². The van der Waals surface area contributed by atoms with Crippen molar-refractivity contribution in [2.75, 3.05) is 0 Å². The van der Waals surface area contributed by atoms with Crippen molar-refractivity contribution in [3.05, 3.63) is 17.2 Å². The van der Waals surface area contributed by atoms with Crippen LogP contribution >= 0.6 is 0 Å². The average Bonchev–Trinajstić information content (AvgIpc) is 2.45. The third-order valence-electron chi connectivity index (χ3n) is 2.96. The molecule has 3 N–H and O–H groups in total. The maximum Gasteiger partial charge on any atom is 0 e. The molecular weight excluding hydrogens is 403 g/mol. The molecule has 0 aromatic rings. The maximum atomic E-state index is 7.07. The smallest absolute Gasteiger partial charge is 0 e. The summed E-state index contributed by atoms with van der Waals surface area (Å²) in [5.41, 5.74) is 21.2. The van der Waals surface area contributed by atoms with Crippen LogP contribution in [-0.2, 0) is 22.4 Å². The molecule has 0 fully saturated rings. The van der Waals surface area contributed by atoms with Crippen molar-refractivity contribution in [2.45, 2.75) is 98.2 Å². The molecule has 0 amide bonds. The van der Waals surface area contributed by atoms with Crippen molar-refractivity contribution < 1.29 is 22.4 Å². The van der Waals surface area contributed by atoms with Gasteiger partial charge in [0.05, 0.1) is 0 Å². The van der Waals surface area contributed by atoms with E-state index in [2.05, 4.69) is 0 Å². The van der Waals surface area contributed by atoms with E-state index < -0.39 is 0 Å². The number of rotatable bonds is 6. The molecule has 0 aliphatic carbocycles. The molecule has 0 saturated carbocycles. The standard InChI is InChI=1S/3C5H12N.Ta/c3*1-3-5(6)4-2;/h3*5-6H,3-4H2,1-2H3;/q3*-1;. The second-order valence-corrected chi connectivity index (χ2v) is 4.54. The second-order valence-electron chi connectivity index (χ2n) is 4.54. The molecule has 0 saturated heterocycles. The SMILES string of the molecule is CCC([NH-])CC.CCC([NH-])CC.CCC([NH-])CC.[Ta]. The van der Waals surface area contributed by atoms with Gasteiger partial charge in [-0.3, -0.25) is 0 Å². The first-order valence-corrected chi connectivity index (χ1v) is 7.56. The van der Waals surface area contributed by atoms with Gasteiger partial charge in [-0.2, -0.15) is 0 Å². The van der Waals surface area contributed by atoms with Crippen molar-refractivity contribution in [3.63, 3.8) is 0 Å². The Kier molecular flexibility index (Phi) is 34.8. The summed E-state index contributed by atoms with van der Waals surface area (Å²) in [6, 6.07) is 0.556. The van der Waals surface area contributed by atoms with E-state index in [4.69, 9.17) is 17.2 Å². The van der Waals surface area contributed by atoms with Gasteiger partial charge in [0.15, 0.2) is 0 Å². The van der Waals surface area contributed by atoms with Gasteiger partial charge >= 0.3 is 0 Å². The Hall–Kier alpha value is 0.620. The second kappa shape index (κ2) is 23.7. The van der Waals surface area contributed by atoms with Gasteiger partial charge in [-0.25, -0.2) is 0 Å². The van der Waals surface area contributed by atoms with Crippen LogP contribution in [0.4, 0.5) is 0 Å². The molecule has 0 heterocycles. The number of hydrogen-bond donors (Lipinski definition) is 0. The molecule has 0 bridgehead atoms. The molecule has 0 atom stereocenters. The molecule has 4 heteroatoms. The quantitative estimate of drug-likeness (QED) is 0.443. The van der Waals surface area contributed by atoms with E-state index >= 15 is 0 Å². The van der Waals surface area contributed by atoms with E-state index in [-0.39, 0.29) is 40.5 Å². The normalized spacial score (nSPS) is 9.47. The first kappa shape index (κ1) is 27.9. The van der Waals surface area contributed by atoms with Crippen molar-refractivity contribution in [1.82, 2.24) is 0 Å². The summed E-state index contributed by atoms with van der Waals surface area (Å²) in [5, 5.41) is 0. The third-order valence-corrected chi connectivity index (χ3v) is 2.96. The minimum Gasteiger partial charge on any atom is -0.675 e. The Morgan fingerprint density at radius 1 is 0.474 bits per heavy atom. The van der Waals surface area contributed by atoms with Crippen LogP contribution in [0.3, 0.4) is 0 Å². The summed E-state index contributed by atoms with van der Waals surface area (Å²) < 4.78 is 0. The summed E-state index contributed by atoms with van der Waals surface area (Å²) in [4.78, 5) is 0. The molecule has 0 rings (SSSR count). The summed E-state index contributed by atoms with van der Waals surface area (Å²) in [7, 11) is 0. The zero-order valence-electron chi connectivity index (χ0n) is 13.9. The fraction of sp³-hybridized carbons (Fsp3) is 1.00. The van der Waals surface area contributed by atoms with Crippen LogP contribution in [0.5, 0.6) is 0 Å². The molecule has 3 nitrogen and oxygen atoms in total. The van der Waals surface area contributed by atoms with Gasteiger partial charge in [0.25, 0.3) is 0 Å². The van der Waals surface area contributed by atoms with E-state index in [1.165, 1.54) is 0 Å². The Morgan fingerprint density at radius 2 is 0.579 bits per heavy atom. The fourth-order valence-corrected chi connectivity index (χ4v) is 0.866. The Balaban J connectivity index is -0.0000000865. The summed E-state index contributed by atoms with van der Waals surface area (Å²) in [5.74, 6) is 0. The van der Waals surface area contributed by atoms with Crippen molar-refractivity contribution >= 4 is 0 Å². The van der Waals surface area contributed by atoms with Gasteiger partial charge in [-0.1, -0.05) is 80.1 Å². The summed E-state index contributed by atoms with van der Waals surface area (Å²) in [6.07, 6.45) is 5.98. The van der Waals surface area contributed by atoms with Crippen LogP contribution in [0.2, 0.25) is 0 Å². The minimum absolute atomic E-state index is 0. The Bertz CT molecular complexity index is 98.8. The van der Waals surface area contributed by atoms with E-state index in [1.807, 2.05) is 41.5 Å². The van der Waals surface area contributed by atoms with Crippen molar-refractivity contribution in [2.24, 2.45) is 0 Å². The molecular formula is C15H36N3Ta-3. The molecule has 0 aliphatic heterocycles.